The van der Waals surface area contributed by atoms with Gasteiger partial charge in [-0.25, -0.2) is 0 Å². The first-order valence-electron chi connectivity index (χ1n) is 4.60. The van der Waals surface area contributed by atoms with Gasteiger partial charge in [-0.1, -0.05) is 6.92 Å². The summed E-state index contributed by atoms with van der Waals surface area (Å²) in [6, 6.07) is 0.816. The molecule has 0 unspecified atom stereocenters. The van der Waals surface area contributed by atoms with Crippen molar-refractivity contribution in [2.75, 3.05) is 34.4 Å². The molecular formula is C8H21NO3Si. The molecule has 0 aromatic heterocycles. The fraction of sp³-hybridized carbons (Fsp3) is 1.00. The van der Waals surface area contributed by atoms with E-state index in [9.17, 15) is 0 Å². The van der Waals surface area contributed by atoms with Gasteiger partial charge < -0.3 is 18.6 Å². The van der Waals surface area contributed by atoms with Crippen molar-refractivity contribution in [2.45, 2.75) is 19.4 Å². The highest BCUT2D eigenvalue weighted by atomic mass is 28.4. The monoisotopic (exact) mass is 207 g/mol. The summed E-state index contributed by atoms with van der Waals surface area (Å²) in [5.41, 5.74) is 0. The highest BCUT2D eigenvalue weighted by Gasteiger charge is 2.36. The quantitative estimate of drug-likeness (QED) is 0.473. The van der Waals surface area contributed by atoms with Gasteiger partial charge in [-0.15, -0.1) is 0 Å². The van der Waals surface area contributed by atoms with E-state index in [1.54, 1.807) is 21.3 Å². The van der Waals surface area contributed by atoms with Gasteiger partial charge in [0.05, 0.1) is 0 Å². The topological polar surface area (TPSA) is 39.7 Å². The van der Waals surface area contributed by atoms with E-state index in [-0.39, 0.29) is 0 Å². The van der Waals surface area contributed by atoms with Gasteiger partial charge in [0.2, 0.25) is 0 Å². The summed E-state index contributed by atoms with van der Waals surface area (Å²) in [6.07, 6.45) is 1.14. The van der Waals surface area contributed by atoms with Crippen molar-refractivity contribution in [3.63, 3.8) is 0 Å². The van der Waals surface area contributed by atoms with Crippen LogP contribution in [0.5, 0.6) is 0 Å². The van der Waals surface area contributed by atoms with Crippen molar-refractivity contribution in [3.8, 4) is 0 Å². The van der Waals surface area contributed by atoms with Gasteiger partial charge in [0.1, 0.15) is 0 Å². The van der Waals surface area contributed by atoms with E-state index in [0.717, 1.165) is 25.6 Å². The van der Waals surface area contributed by atoms with Gasteiger partial charge in [-0.3, -0.25) is 0 Å². The van der Waals surface area contributed by atoms with Crippen LogP contribution in [0.1, 0.15) is 13.3 Å². The van der Waals surface area contributed by atoms with Crippen LogP contribution < -0.4 is 5.32 Å². The number of rotatable bonds is 8. The molecule has 0 bridgehead atoms. The van der Waals surface area contributed by atoms with E-state index in [1.165, 1.54) is 0 Å². The Morgan fingerprint density at radius 1 is 1.00 bits per heavy atom. The van der Waals surface area contributed by atoms with Gasteiger partial charge in [-0.05, 0) is 19.5 Å². The molecule has 0 saturated heterocycles. The minimum Gasteiger partial charge on any atom is -0.377 e. The molecule has 0 rings (SSSR count). The summed E-state index contributed by atoms with van der Waals surface area (Å²) in [5.74, 6) is 0. The number of hydrogen-bond donors (Lipinski definition) is 1. The lowest BCUT2D eigenvalue weighted by molar-refractivity contribution is 0.123. The zero-order valence-electron chi connectivity index (χ0n) is 9.05. The Kier molecular flexibility index (Phi) is 7.49. The highest BCUT2D eigenvalue weighted by Crippen LogP contribution is 2.10. The Bertz CT molecular complexity index is 112. The smallest absolute Gasteiger partial charge is 0.377 e. The molecule has 13 heavy (non-hydrogen) atoms. The molecule has 0 heterocycles. The molecule has 0 aliphatic rings. The van der Waals surface area contributed by atoms with E-state index >= 15 is 0 Å². The molecule has 0 atom stereocenters. The van der Waals surface area contributed by atoms with Crippen LogP contribution in [-0.4, -0.2) is 43.2 Å². The fourth-order valence-electron chi connectivity index (χ4n) is 1.10. The first-order valence-corrected chi connectivity index (χ1v) is 6.54. The molecule has 0 aliphatic carbocycles. The second-order valence-electron chi connectivity index (χ2n) is 2.80. The Balaban J connectivity index is 3.68. The highest BCUT2D eigenvalue weighted by molar-refractivity contribution is 6.60. The number of hydrogen-bond acceptors (Lipinski definition) is 4. The third-order valence-electron chi connectivity index (χ3n) is 1.97. The van der Waals surface area contributed by atoms with Crippen LogP contribution in [0.4, 0.5) is 0 Å². The van der Waals surface area contributed by atoms with Gasteiger partial charge in [0.25, 0.3) is 0 Å². The van der Waals surface area contributed by atoms with Crippen LogP contribution >= 0.6 is 0 Å². The average molecular weight is 207 g/mol. The van der Waals surface area contributed by atoms with Gasteiger partial charge in [-0.2, -0.15) is 0 Å². The van der Waals surface area contributed by atoms with E-state index in [2.05, 4.69) is 12.2 Å². The third kappa shape index (κ3) is 4.73. The maximum atomic E-state index is 5.27. The standard InChI is InChI=1S/C8H21NO3Si/c1-5-6-9-7-8-13(10-2,11-3)12-4/h9H,5-8H2,1-4H3. The maximum Gasteiger partial charge on any atom is 0.501 e. The SMILES string of the molecule is CCCNCC[Si](OC)(OC)OC. The molecule has 5 heteroatoms. The minimum absolute atomic E-state index is 0.816. The van der Waals surface area contributed by atoms with Crippen molar-refractivity contribution >= 4 is 8.80 Å². The fourth-order valence-corrected chi connectivity index (χ4v) is 2.69. The van der Waals surface area contributed by atoms with Crippen molar-refractivity contribution in [1.82, 2.24) is 5.32 Å². The molecule has 0 saturated carbocycles. The predicted octanol–water partition coefficient (Wildman–Crippen LogP) is 0.864. The molecule has 1 N–H and O–H groups in total. The van der Waals surface area contributed by atoms with Crippen molar-refractivity contribution < 1.29 is 13.3 Å². The maximum absolute atomic E-state index is 5.27. The van der Waals surface area contributed by atoms with Crippen LogP contribution in [0, 0.1) is 0 Å². The summed E-state index contributed by atoms with van der Waals surface area (Å²) in [6.45, 7) is 4.05. The van der Waals surface area contributed by atoms with Crippen LogP contribution in [0.2, 0.25) is 6.04 Å². The van der Waals surface area contributed by atoms with Crippen LogP contribution in [0.25, 0.3) is 0 Å². The molecule has 0 aromatic rings. The van der Waals surface area contributed by atoms with Crippen LogP contribution in [-0.2, 0) is 13.3 Å². The largest absolute Gasteiger partial charge is 0.501 e. The lowest BCUT2D eigenvalue weighted by Gasteiger charge is -2.24. The van der Waals surface area contributed by atoms with Crippen molar-refractivity contribution in [1.29, 1.82) is 0 Å². The van der Waals surface area contributed by atoms with Gasteiger partial charge in [0.15, 0.2) is 0 Å². The Hall–Kier alpha value is 0.0569. The molecular weight excluding hydrogens is 186 g/mol. The first kappa shape index (κ1) is 13.1. The predicted molar refractivity (Wildman–Crippen MR) is 54.7 cm³/mol. The summed E-state index contributed by atoms with van der Waals surface area (Å²) >= 11 is 0. The normalized spacial score (nSPS) is 12.0. The summed E-state index contributed by atoms with van der Waals surface area (Å²) < 4.78 is 15.8. The Labute approximate surface area is 81.9 Å². The lowest BCUT2D eigenvalue weighted by Crippen LogP contribution is -2.45. The second kappa shape index (κ2) is 7.46. The zero-order valence-corrected chi connectivity index (χ0v) is 10.1. The van der Waals surface area contributed by atoms with Crippen molar-refractivity contribution in [3.05, 3.63) is 0 Å². The average Bonchev–Trinajstić information content (AvgIpc) is 2.20. The lowest BCUT2D eigenvalue weighted by atomic mass is 10.5. The molecule has 0 fully saturated rings. The van der Waals surface area contributed by atoms with Gasteiger partial charge >= 0.3 is 8.80 Å². The van der Waals surface area contributed by atoms with E-state index in [0.29, 0.717) is 0 Å². The molecule has 0 spiro atoms. The van der Waals surface area contributed by atoms with Crippen LogP contribution in [0.15, 0.2) is 0 Å². The summed E-state index contributed by atoms with van der Waals surface area (Å²) in [4.78, 5) is 0. The molecule has 80 valence electrons. The summed E-state index contributed by atoms with van der Waals surface area (Å²) in [7, 11) is 2.58. The number of nitrogens with one attached hydrogen (secondary N) is 1. The second-order valence-corrected chi connectivity index (χ2v) is 5.89. The van der Waals surface area contributed by atoms with E-state index in [4.69, 9.17) is 13.3 Å². The molecule has 0 aromatic carbocycles. The Morgan fingerprint density at radius 2 is 1.54 bits per heavy atom. The molecule has 4 nitrogen and oxygen atoms in total. The molecule has 0 amide bonds. The van der Waals surface area contributed by atoms with E-state index < -0.39 is 8.80 Å². The summed E-state index contributed by atoms with van der Waals surface area (Å²) in [5, 5.41) is 3.29. The van der Waals surface area contributed by atoms with Crippen molar-refractivity contribution in [2.24, 2.45) is 0 Å². The zero-order chi connectivity index (χ0) is 10.2. The van der Waals surface area contributed by atoms with Crippen LogP contribution in [0.3, 0.4) is 0 Å². The van der Waals surface area contributed by atoms with Gasteiger partial charge in [0, 0.05) is 27.4 Å². The first-order chi connectivity index (χ1) is 6.24. The Morgan fingerprint density at radius 3 is 1.92 bits per heavy atom. The van der Waals surface area contributed by atoms with E-state index in [1.807, 2.05) is 0 Å². The molecule has 0 radical (unpaired) electrons. The third-order valence-corrected chi connectivity index (χ3v) is 4.70. The molecule has 0 aliphatic heterocycles. The minimum atomic E-state index is -2.33.